The molecule has 0 aliphatic carbocycles. The lowest BCUT2D eigenvalue weighted by Crippen LogP contribution is -2.39. The topological polar surface area (TPSA) is 126 Å². The van der Waals surface area contributed by atoms with E-state index in [-0.39, 0.29) is 5.84 Å². The monoisotopic (exact) mass is 286 g/mol. The first-order valence-corrected chi connectivity index (χ1v) is 7.15. The molecule has 19 heavy (non-hydrogen) atoms. The minimum absolute atomic E-state index is 0.0270. The van der Waals surface area contributed by atoms with Gasteiger partial charge in [-0.05, 0) is 36.9 Å². The molecule has 0 atom stereocenters. The highest BCUT2D eigenvalue weighted by atomic mass is 32.3. The van der Waals surface area contributed by atoms with Crippen molar-refractivity contribution in [1.29, 1.82) is 0 Å². The Balaban J connectivity index is 2.34. The lowest BCUT2D eigenvalue weighted by atomic mass is 10.1. The van der Waals surface area contributed by atoms with Crippen LogP contribution in [0.2, 0.25) is 0 Å². The van der Waals surface area contributed by atoms with E-state index in [2.05, 4.69) is 9.12 Å². The molecule has 0 fully saturated rings. The van der Waals surface area contributed by atoms with Gasteiger partial charge in [0, 0.05) is 5.54 Å². The summed E-state index contributed by atoms with van der Waals surface area (Å²) in [5.41, 5.74) is 12.1. The highest BCUT2D eigenvalue weighted by Crippen LogP contribution is 2.46. The Kier molecular flexibility index (Phi) is 3.35. The van der Waals surface area contributed by atoms with Crippen LogP contribution < -0.4 is 20.9 Å². The van der Waals surface area contributed by atoms with Crippen LogP contribution in [0.1, 0.15) is 19.4 Å². The van der Waals surface area contributed by atoms with Gasteiger partial charge in [-0.3, -0.25) is 13.8 Å². The fourth-order valence-electron chi connectivity index (χ4n) is 1.62. The molecule has 0 saturated heterocycles. The lowest BCUT2D eigenvalue weighted by Gasteiger charge is -2.33. The van der Waals surface area contributed by atoms with E-state index in [0.717, 1.165) is 0 Å². The molecule has 106 valence electrons. The Hall–Kier alpha value is -1.48. The third-order valence-corrected chi connectivity index (χ3v) is 3.30. The van der Waals surface area contributed by atoms with Gasteiger partial charge in [0.2, 0.25) is 0 Å². The van der Waals surface area contributed by atoms with Crippen molar-refractivity contribution in [3.63, 3.8) is 0 Å². The highest BCUT2D eigenvalue weighted by Gasteiger charge is 2.25. The first-order chi connectivity index (χ1) is 8.68. The molecule has 1 aromatic rings. The van der Waals surface area contributed by atoms with E-state index in [1.165, 1.54) is 0 Å². The molecule has 2 rings (SSSR count). The third kappa shape index (κ3) is 3.29. The molecular weight excluding hydrogens is 268 g/mol. The number of nitrogens with one attached hydrogen (secondary N) is 1. The molecule has 0 aromatic heterocycles. The summed E-state index contributed by atoms with van der Waals surface area (Å²) in [4.78, 5) is 0. The van der Waals surface area contributed by atoms with Gasteiger partial charge in [0.15, 0.2) is 5.84 Å². The maximum Gasteiger partial charge on any atom is 0.158 e. The number of hydrogen-bond acceptors (Lipinski definition) is 7. The summed E-state index contributed by atoms with van der Waals surface area (Å²) in [5, 5.41) is 0. The standard InChI is InChI=1S/C11H18N4O3S/c1-11(2,13)6-18-8-5-3-4-7-9(8)10(12)15-19(16,17)14-7/h3-5,14,16-17H,6,13H2,1-2H3,(H2,12,15). The van der Waals surface area contributed by atoms with Gasteiger partial charge in [-0.1, -0.05) is 6.07 Å². The van der Waals surface area contributed by atoms with Crippen molar-refractivity contribution in [3.05, 3.63) is 23.8 Å². The van der Waals surface area contributed by atoms with E-state index >= 15 is 0 Å². The summed E-state index contributed by atoms with van der Waals surface area (Å²) in [5.74, 6) is 0.527. The average Bonchev–Trinajstić information content (AvgIpc) is 2.22. The first-order valence-electron chi connectivity index (χ1n) is 5.64. The average molecular weight is 286 g/mol. The van der Waals surface area contributed by atoms with Crippen LogP contribution in [0.25, 0.3) is 0 Å². The third-order valence-electron chi connectivity index (χ3n) is 2.35. The molecule has 1 aliphatic heterocycles. The van der Waals surface area contributed by atoms with E-state index in [1.54, 1.807) is 18.2 Å². The number of nitrogens with zero attached hydrogens (tertiary/aromatic N) is 1. The summed E-state index contributed by atoms with van der Waals surface area (Å²) in [6.45, 7) is 3.98. The van der Waals surface area contributed by atoms with Crippen molar-refractivity contribution in [2.75, 3.05) is 11.3 Å². The van der Waals surface area contributed by atoms with Crippen molar-refractivity contribution >= 4 is 22.5 Å². The van der Waals surface area contributed by atoms with Gasteiger partial charge in [-0.2, -0.15) is 0 Å². The molecule has 0 bridgehead atoms. The second-order valence-electron chi connectivity index (χ2n) is 5.05. The molecular formula is C11H18N4O3S. The largest absolute Gasteiger partial charge is 0.491 e. The van der Waals surface area contributed by atoms with Gasteiger partial charge >= 0.3 is 0 Å². The van der Waals surface area contributed by atoms with Crippen molar-refractivity contribution in [1.82, 2.24) is 0 Å². The Morgan fingerprint density at radius 2 is 2.11 bits per heavy atom. The van der Waals surface area contributed by atoms with Gasteiger partial charge in [-0.15, -0.1) is 4.40 Å². The van der Waals surface area contributed by atoms with Crippen LogP contribution in [-0.4, -0.2) is 27.1 Å². The smallest absolute Gasteiger partial charge is 0.158 e. The second-order valence-corrected chi connectivity index (χ2v) is 6.48. The highest BCUT2D eigenvalue weighted by molar-refractivity contribution is 8.24. The summed E-state index contributed by atoms with van der Waals surface area (Å²) in [6, 6.07) is 5.12. The lowest BCUT2D eigenvalue weighted by molar-refractivity contribution is 0.243. The quantitative estimate of drug-likeness (QED) is 0.573. The predicted molar refractivity (Wildman–Crippen MR) is 77.4 cm³/mol. The van der Waals surface area contributed by atoms with Gasteiger partial charge in [0.25, 0.3) is 0 Å². The van der Waals surface area contributed by atoms with E-state index in [0.29, 0.717) is 23.6 Å². The molecule has 0 unspecified atom stereocenters. The van der Waals surface area contributed by atoms with Crippen molar-refractivity contribution < 1.29 is 13.8 Å². The van der Waals surface area contributed by atoms with Gasteiger partial charge in [-0.25, -0.2) is 0 Å². The molecule has 7 nitrogen and oxygen atoms in total. The molecule has 0 saturated carbocycles. The zero-order valence-corrected chi connectivity index (χ0v) is 11.6. The molecule has 0 radical (unpaired) electrons. The number of anilines is 1. The molecule has 7 N–H and O–H groups in total. The van der Waals surface area contributed by atoms with Crippen LogP contribution in [0, 0.1) is 0 Å². The Morgan fingerprint density at radius 3 is 2.74 bits per heavy atom. The van der Waals surface area contributed by atoms with Crippen LogP contribution in [0.3, 0.4) is 0 Å². The summed E-state index contributed by atoms with van der Waals surface area (Å²) < 4.78 is 30.9. The number of fused-ring (bicyclic) bond motifs is 1. The number of benzene rings is 1. The predicted octanol–water partition coefficient (Wildman–Crippen LogP) is 1.51. The zero-order valence-electron chi connectivity index (χ0n) is 10.8. The van der Waals surface area contributed by atoms with E-state index in [4.69, 9.17) is 16.2 Å². The van der Waals surface area contributed by atoms with Crippen LogP contribution in [0.5, 0.6) is 5.75 Å². The van der Waals surface area contributed by atoms with Gasteiger partial charge in [0.1, 0.15) is 12.4 Å². The number of hydrogen-bond donors (Lipinski definition) is 5. The SMILES string of the molecule is CC(C)(N)COc1cccc2c1C(N)=NS(O)(O)N2. The normalized spacial score (nSPS) is 18.9. The first kappa shape index (κ1) is 13.9. The number of ether oxygens (including phenoxy) is 1. The summed E-state index contributed by atoms with van der Waals surface area (Å²) in [7, 11) is -3.27. The van der Waals surface area contributed by atoms with E-state index < -0.39 is 16.5 Å². The van der Waals surface area contributed by atoms with Gasteiger partial charge < -0.3 is 16.2 Å². The van der Waals surface area contributed by atoms with E-state index in [1.807, 2.05) is 13.8 Å². The Labute approximate surface area is 113 Å². The van der Waals surface area contributed by atoms with Crippen molar-refractivity contribution in [2.24, 2.45) is 15.9 Å². The second kappa shape index (κ2) is 4.57. The number of rotatable bonds is 3. The maximum atomic E-state index is 9.54. The molecule has 1 heterocycles. The van der Waals surface area contributed by atoms with Crippen molar-refractivity contribution in [2.45, 2.75) is 19.4 Å². The molecule has 8 heteroatoms. The zero-order chi connectivity index (χ0) is 14.3. The van der Waals surface area contributed by atoms with Crippen LogP contribution in [0.15, 0.2) is 22.6 Å². The molecule has 0 spiro atoms. The maximum absolute atomic E-state index is 9.54. The Bertz CT molecular complexity index is 525. The minimum atomic E-state index is -3.27. The summed E-state index contributed by atoms with van der Waals surface area (Å²) >= 11 is 0. The molecule has 1 aromatic carbocycles. The fourth-order valence-corrected chi connectivity index (χ4v) is 2.49. The fraction of sp³-hybridized carbons (Fsp3) is 0.364. The van der Waals surface area contributed by atoms with Crippen LogP contribution >= 0.6 is 11.0 Å². The summed E-state index contributed by atoms with van der Waals surface area (Å²) in [6.07, 6.45) is 0. The number of amidine groups is 1. The van der Waals surface area contributed by atoms with Crippen LogP contribution in [0.4, 0.5) is 5.69 Å². The minimum Gasteiger partial charge on any atom is -0.491 e. The van der Waals surface area contributed by atoms with Gasteiger partial charge in [0.05, 0.1) is 11.3 Å². The number of nitrogens with two attached hydrogens (primary N) is 2. The van der Waals surface area contributed by atoms with E-state index in [9.17, 15) is 9.11 Å². The Morgan fingerprint density at radius 1 is 1.42 bits per heavy atom. The van der Waals surface area contributed by atoms with Crippen molar-refractivity contribution in [3.8, 4) is 5.75 Å². The molecule has 1 aliphatic rings. The molecule has 0 amide bonds. The van der Waals surface area contributed by atoms with Crippen LogP contribution in [-0.2, 0) is 0 Å².